The van der Waals surface area contributed by atoms with Crippen molar-refractivity contribution in [3.8, 4) is 17.6 Å². The van der Waals surface area contributed by atoms with E-state index in [1.165, 1.54) is 12.3 Å². The molecule has 0 fully saturated rings. The van der Waals surface area contributed by atoms with Crippen molar-refractivity contribution in [2.45, 2.75) is 13.8 Å². The second-order valence-electron chi connectivity index (χ2n) is 7.20. The summed E-state index contributed by atoms with van der Waals surface area (Å²) in [7, 11) is 0. The molecule has 0 unspecified atom stereocenters. The van der Waals surface area contributed by atoms with Gasteiger partial charge in [-0.2, -0.15) is 10.2 Å². The molecule has 4 rings (SSSR count). The minimum atomic E-state index is -0.281. The van der Waals surface area contributed by atoms with E-state index in [1.807, 2.05) is 61.0 Å². The number of fused-ring (bicyclic) bond motifs is 1. The number of anilines is 3. The van der Waals surface area contributed by atoms with Crippen LogP contribution in [0.3, 0.4) is 0 Å². The van der Waals surface area contributed by atoms with Crippen LogP contribution in [0.4, 0.5) is 17.3 Å². The third-order valence-electron chi connectivity index (χ3n) is 5.01. The molecule has 8 heteroatoms. The van der Waals surface area contributed by atoms with Crippen molar-refractivity contribution in [1.29, 1.82) is 5.26 Å². The number of aryl methyl sites for hydroxylation is 1. The summed E-state index contributed by atoms with van der Waals surface area (Å²) in [6, 6.07) is 15.2. The second-order valence-corrected chi connectivity index (χ2v) is 7.20. The SMILES string of the molecule is C=CC(=O)Nc1ccc2c(c1)c(C)cn2-c1nc(Nc2ccccc2OCC)ncc1C#N. The monoisotopic (exact) mass is 438 g/mol. The molecule has 164 valence electrons. The Balaban J connectivity index is 1.77. The number of para-hydroxylation sites is 2. The predicted molar refractivity (Wildman–Crippen MR) is 128 cm³/mol. The molecule has 0 bridgehead atoms. The number of rotatable bonds is 7. The maximum Gasteiger partial charge on any atom is 0.247 e. The van der Waals surface area contributed by atoms with E-state index < -0.39 is 0 Å². The van der Waals surface area contributed by atoms with Gasteiger partial charge in [0.1, 0.15) is 17.4 Å². The highest BCUT2D eigenvalue weighted by molar-refractivity contribution is 6.00. The minimum absolute atomic E-state index is 0.281. The molecule has 0 spiro atoms. The van der Waals surface area contributed by atoms with Crippen LogP contribution in [0.5, 0.6) is 5.75 Å². The lowest BCUT2D eigenvalue weighted by Gasteiger charge is -2.13. The molecule has 2 aromatic heterocycles. The molecule has 4 aromatic rings. The van der Waals surface area contributed by atoms with Gasteiger partial charge in [-0.1, -0.05) is 18.7 Å². The first-order chi connectivity index (χ1) is 16.0. The first kappa shape index (κ1) is 21.6. The lowest BCUT2D eigenvalue weighted by atomic mass is 10.1. The molecule has 0 aliphatic rings. The molecule has 0 radical (unpaired) electrons. The highest BCUT2D eigenvalue weighted by Gasteiger charge is 2.15. The topological polar surface area (TPSA) is 105 Å². The number of carbonyl (C=O) groups is 1. The Morgan fingerprint density at radius 1 is 1.30 bits per heavy atom. The average Bonchev–Trinajstić information content (AvgIpc) is 3.16. The molecule has 2 heterocycles. The molecule has 8 nitrogen and oxygen atoms in total. The van der Waals surface area contributed by atoms with Crippen molar-refractivity contribution in [3.05, 3.63) is 78.6 Å². The number of nitrogens with zero attached hydrogens (tertiary/aromatic N) is 4. The lowest BCUT2D eigenvalue weighted by molar-refractivity contribution is -0.111. The largest absolute Gasteiger partial charge is 0.492 e. The van der Waals surface area contributed by atoms with E-state index in [1.54, 1.807) is 6.07 Å². The highest BCUT2D eigenvalue weighted by atomic mass is 16.5. The fraction of sp³-hybridized carbons (Fsp3) is 0.120. The Bertz CT molecular complexity index is 1400. The summed E-state index contributed by atoms with van der Waals surface area (Å²) in [4.78, 5) is 20.6. The summed E-state index contributed by atoms with van der Waals surface area (Å²) < 4.78 is 7.52. The average molecular weight is 438 g/mol. The van der Waals surface area contributed by atoms with Gasteiger partial charge in [-0.3, -0.25) is 9.36 Å². The van der Waals surface area contributed by atoms with Crippen LogP contribution in [0, 0.1) is 18.3 Å². The third kappa shape index (κ3) is 4.38. The summed E-state index contributed by atoms with van der Waals surface area (Å²) >= 11 is 0. The van der Waals surface area contributed by atoms with Crippen LogP contribution in [0.2, 0.25) is 0 Å². The fourth-order valence-electron chi connectivity index (χ4n) is 3.51. The first-order valence-electron chi connectivity index (χ1n) is 10.4. The summed E-state index contributed by atoms with van der Waals surface area (Å²) in [5.74, 6) is 1.19. The van der Waals surface area contributed by atoms with Gasteiger partial charge in [0, 0.05) is 17.3 Å². The normalized spacial score (nSPS) is 10.5. The van der Waals surface area contributed by atoms with E-state index in [-0.39, 0.29) is 5.91 Å². The van der Waals surface area contributed by atoms with Crippen molar-refractivity contribution in [3.63, 3.8) is 0 Å². The van der Waals surface area contributed by atoms with Gasteiger partial charge in [-0.25, -0.2) is 4.98 Å². The van der Waals surface area contributed by atoms with Gasteiger partial charge in [0.25, 0.3) is 0 Å². The summed E-state index contributed by atoms with van der Waals surface area (Å²) in [5, 5.41) is 16.6. The molecular formula is C25H22N6O2. The Hall–Kier alpha value is -4.64. The Morgan fingerprint density at radius 3 is 2.88 bits per heavy atom. The molecule has 2 N–H and O–H groups in total. The predicted octanol–water partition coefficient (Wildman–Crippen LogP) is 4.87. The van der Waals surface area contributed by atoms with E-state index in [4.69, 9.17) is 4.74 Å². The van der Waals surface area contributed by atoms with Gasteiger partial charge in [0.15, 0.2) is 5.82 Å². The van der Waals surface area contributed by atoms with Gasteiger partial charge in [0.05, 0.1) is 24.0 Å². The van der Waals surface area contributed by atoms with Crippen molar-refractivity contribution in [2.24, 2.45) is 0 Å². The number of ether oxygens (including phenoxy) is 1. The molecule has 0 aliphatic carbocycles. The maximum atomic E-state index is 11.7. The fourth-order valence-corrected chi connectivity index (χ4v) is 3.51. The number of benzene rings is 2. The van der Waals surface area contributed by atoms with Gasteiger partial charge in [-0.05, 0) is 55.8 Å². The van der Waals surface area contributed by atoms with Crippen LogP contribution in [0.1, 0.15) is 18.1 Å². The zero-order chi connectivity index (χ0) is 23.4. The molecular weight excluding hydrogens is 416 g/mol. The van der Waals surface area contributed by atoms with E-state index in [0.29, 0.717) is 35.4 Å². The number of hydrogen-bond donors (Lipinski definition) is 2. The van der Waals surface area contributed by atoms with E-state index in [9.17, 15) is 10.1 Å². The van der Waals surface area contributed by atoms with Gasteiger partial charge >= 0.3 is 0 Å². The number of nitrogens with one attached hydrogen (secondary N) is 2. The van der Waals surface area contributed by atoms with Crippen LogP contribution >= 0.6 is 0 Å². The smallest absolute Gasteiger partial charge is 0.247 e. The van der Waals surface area contributed by atoms with Crippen LogP contribution in [0.15, 0.2) is 67.5 Å². The maximum absolute atomic E-state index is 11.7. The number of carbonyl (C=O) groups excluding carboxylic acids is 1. The zero-order valence-electron chi connectivity index (χ0n) is 18.3. The van der Waals surface area contributed by atoms with Crippen LogP contribution in [-0.4, -0.2) is 27.0 Å². The quantitative estimate of drug-likeness (QED) is 0.399. The molecule has 1 amide bonds. The molecule has 33 heavy (non-hydrogen) atoms. The van der Waals surface area contributed by atoms with Crippen molar-refractivity contribution in [1.82, 2.24) is 14.5 Å². The summed E-state index contributed by atoms with van der Waals surface area (Å²) in [6.45, 7) is 7.89. The van der Waals surface area contributed by atoms with Crippen LogP contribution < -0.4 is 15.4 Å². The zero-order valence-corrected chi connectivity index (χ0v) is 18.3. The molecule has 0 saturated carbocycles. The van der Waals surface area contributed by atoms with Crippen molar-refractivity contribution >= 4 is 34.1 Å². The number of nitriles is 1. The molecule has 0 aliphatic heterocycles. The van der Waals surface area contributed by atoms with Gasteiger partial charge < -0.3 is 15.4 Å². The second kappa shape index (κ2) is 9.24. The van der Waals surface area contributed by atoms with Gasteiger partial charge in [0.2, 0.25) is 11.9 Å². The first-order valence-corrected chi connectivity index (χ1v) is 10.4. The van der Waals surface area contributed by atoms with E-state index in [0.717, 1.165) is 22.2 Å². The summed E-state index contributed by atoms with van der Waals surface area (Å²) in [6.07, 6.45) is 4.62. The minimum Gasteiger partial charge on any atom is -0.492 e. The van der Waals surface area contributed by atoms with E-state index in [2.05, 4.69) is 33.2 Å². The van der Waals surface area contributed by atoms with E-state index >= 15 is 0 Å². The lowest BCUT2D eigenvalue weighted by Crippen LogP contribution is -2.07. The van der Waals surface area contributed by atoms with Crippen LogP contribution in [0.25, 0.3) is 16.7 Å². The molecule has 0 saturated heterocycles. The Labute approximate surface area is 191 Å². The van der Waals surface area contributed by atoms with Crippen molar-refractivity contribution in [2.75, 3.05) is 17.2 Å². The Morgan fingerprint density at radius 2 is 2.12 bits per heavy atom. The number of aromatic nitrogens is 3. The Kier molecular flexibility index (Phi) is 6.04. The van der Waals surface area contributed by atoms with Gasteiger partial charge in [-0.15, -0.1) is 0 Å². The summed E-state index contributed by atoms with van der Waals surface area (Å²) in [5.41, 5.74) is 3.54. The van der Waals surface area contributed by atoms with Crippen LogP contribution in [-0.2, 0) is 4.79 Å². The number of amides is 1. The van der Waals surface area contributed by atoms with Crippen molar-refractivity contribution < 1.29 is 9.53 Å². The number of hydrogen-bond acceptors (Lipinski definition) is 6. The third-order valence-corrected chi connectivity index (χ3v) is 5.01. The standard InChI is InChI=1S/C25H22N6O2/c1-4-23(32)28-18-10-11-21-19(12-18)16(3)15-31(21)24-17(13-26)14-27-25(30-24)29-20-8-6-7-9-22(20)33-5-2/h4,6-12,14-15H,1,5H2,2-3H3,(H,28,32)(H,27,29,30). The highest BCUT2D eigenvalue weighted by Crippen LogP contribution is 2.30. The molecule has 0 atom stereocenters. The molecule has 2 aromatic carbocycles.